The van der Waals surface area contributed by atoms with E-state index >= 15 is 0 Å². The van der Waals surface area contributed by atoms with Crippen LogP contribution in [0.25, 0.3) is 10.7 Å². The molecule has 3 aromatic rings. The molecule has 2 aromatic heterocycles. The van der Waals surface area contributed by atoms with E-state index < -0.39 is 6.10 Å². The van der Waals surface area contributed by atoms with E-state index in [4.69, 9.17) is 4.74 Å². The van der Waals surface area contributed by atoms with Gasteiger partial charge in [-0.15, -0.1) is 11.3 Å². The van der Waals surface area contributed by atoms with Crippen molar-refractivity contribution in [2.24, 2.45) is 0 Å². The molecule has 0 aliphatic heterocycles. The average molecular weight is 300 g/mol. The molecule has 0 radical (unpaired) electrons. The lowest BCUT2D eigenvalue weighted by molar-refractivity contribution is 0.157. The van der Waals surface area contributed by atoms with Crippen molar-refractivity contribution in [2.75, 3.05) is 7.11 Å². The molecule has 3 rings (SSSR count). The second-order valence-electron chi connectivity index (χ2n) is 4.67. The van der Waals surface area contributed by atoms with E-state index in [2.05, 4.69) is 4.98 Å². The molecule has 1 unspecified atom stereocenters. The molecule has 21 heavy (non-hydrogen) atoms. The van der Waals surface area contributed by atoms with Gasteiger partial charge in [0.05, 0.1) is 24.6 Å². The molecule has 0 aliphatic rings. The fourth-order valence-corrected chi connectivity index (χ4v) is 2.94. The van der Waals surface area contributed by atoms with Crippen LogP contribution in [0.5, 0.6) is 5.75 Å². The molecule has 5 heteroatoms. The van der Waals surface area contributed by atoms with Gasteiger partial charge in [-0.25, -0.2) is 4.98 Å². The Morgan fingerprint density at radius 3 is 2.76 bits per heavy atom. The van der Waals surface area contributed by atoms with E-state index in [1.165, 1.54) is 0 Å². The lowest BCUT2D eigenvalue weighted by Gasteiger charge is -2.14. The highest BCUT2D eigenvalue weighted by molar-refractivity contribution is 7.13. The molecular weight excluding hydrogens is 284 g/mol. The third-order valence-electron chi connectivity index (χ3n) is 3.33. The molecule has 2 heterocycles. The number of rotatable bonds is 5. The molecule has 0 aliphatic carbocycles. The van der Waals surface area contributed by atoms with Crippen molar-refractivity contribution in [2.45, 2.75) is 12.6 Å². The van der Waals surface area contributed by atoms with Crippen LogP contribution in [0.4, 0.5) is 0 Å². The van der Waals surface area contributed by atoms with Crippen LogP contribution >= 0.6 is 11.3 Å². The van der Waals surface area contributed by atoms with E-state index in [0.717, 1.165) is 22.0 Å². The fourth-order valence-electron chi connectivity index (χ4n) is 2.21. The molecule has 0 bridgehead atoms. The number of benzene rings is 1. The lowest BCUT2D eigenvalue weighted by atomic mass is 10.1. The molecule has 0 spiro atoms. The second kappa shape index (κ2) is 6.11. The zero-order chi connectivity index (χ0) is 14.7. The zero-order valence-electron chi connectivity index (χ0n) is 11.6. The Kier molecular flexibility index (Phi) is 4.03. The summed E-state index contributed by atoms with van der Waals surface area (Å²) >= 11 is 1.64. The molecule has 0 saturated heterocycles. The Bertz CT molecular complexity index is 689. The van der Waals surface area contributed by atoms with Crippen molar-refractivity contribution in [3.63, 3.8) is 0 Å². The number of imidazole rings is 1. The van der Waals surface area contributed by atoms with Crippen molar-refractivity contribution < 1.29 is 9.84 Å². The summed E-state index contributed by atoms with van der Waals surface area (Å²) in [5.41, 5.74) is 0.863. The average Bonchev–Trinajstić information content (AvgIpc) is 3.18. The van der Waals surface area contributed by atoms with E-state index in [1.54, 1.807) is 24.6 Å². The predicted octanol–water partition coefficient (Wildman–Crippen LogP) is 3.35. The number of nitrogens with zero attached hydrogens (tertiary/aromatic N) is 2. The number of ether oxygens (including phenoxy) is 1. The fraction of sp³-hybridized carbons (Fsp3) is 0.188. The number of hydrogen-bond donors (Lipinski definition) is 1. The van der Waals surface area contributed by atoms with Crippen molar-refractivity contribution in [3.05, 3.63) is 59.7 Å². The number of aromatic nitrogens is 2. The summed E-state index contributed by atoms with van der Waals surface area (Å²) in [4.78, 5) is 5.47. The van der Waals surface area contributed by atoms with E-state index in [1.807, 2.05) is 52.5 Å². The third kappa shape index (κ3) is 2.99. The maximum Gasteiger partial charge on any atom is 0.150 e. The molecule has 4 nitrogen and oxygen atoms in total. The summed E-state index contributed by atoms with van der Waals surface area (Å²) in [5.74, 6) is 1.67. The van der Waals surface area contributed by atoms with Gasteiger partial charge >= 0.3 is 0 Å². The van der Waals surface area contributed by atoms with Gasteiger partial charge in [0.15, 0.2) is 0 Å². The Morgan fingerprint density at radius 1 is 1.29 bits per heavy atom. The van der Waals surface area contributed by atoms with Crippen molar-refractivity contribution in [3.8, 4) is 16.5 Å². The van der Waals surface area contributed by atoms with Gasteiger partial charge in [-0.2, -0.15) is 0 Å². The minimum absolute atomic E-state index is 0.472. The summed E-state index contributed by atoms with van der Waals surface area (Å²) in [7, 11) is 1.63. The maximum atomic E-state index is 10.4. The van der Waals surface area contributed by atoms with Crippen LogP contribution in [-0.4, -0.2) is 21.8 Å². The number of aliphatic hydroxyl groups excluding tert-OH is 1. The topological polar surface area (TPSA) is 47.3 Å². The van der Waals surface area contributed by atoms with Crippen LogP contribution < -0.4 is 4.74 Å². The summed E-state index contributed by atoms with van der Waals surface area (Å²) in [6, 6.07) is 11.5. The van der Waals surface area contributed by atoms with E-state index in [-0.39, 0.29) is 0 Å². The molecule has 0 saturated carbocycles. The monoisotopic (exact) mass is 300 g/mol. The Balaban J connectivity index is 1.78. The molecule has 0 amide bonds. The molecule has 1 atom stereocenters. The largest absolute Gasteiger partial charge is 0.497 e. The minimum Gasteiger partial charge on any atom is -0.497 e. The van der Waals surface area contributed by atoms with E-state index in [0.29, 0.717) is 6.54 Å². The van der Waals surface area contributed by atoms with Crippen LogP contribution in [0.1, 0.15) is 11.7 Å². The normalized spacial score (nSPS) is 12.3. The molecule has 108 valence electrons. The van der Waals surface area contributed by atoms with Gasteiger partial charge in [0.1, 0.15) is 11.6 Å². The summed E-state index contributed by atoms with van der Waals surface area (Å²) in [6.07, 6.45) is 3.07. The smallest absolute Gasteiger partial charge is 0.150 e. The molecule has 0 fully saturated rings. The predicted molar refractivity (Wildman–Crippen MR) is 83.5 cm³/mol. The zero-order valence-corrected chi connectivity index (χ0v) is 12.5. The van der Waals surface area contributed by atoms with Gasteiger partial charge in [-0.3, -0.25) is 0 Å². The van der Waals surface area contributed by atoms with Crippen LogP contribution in [-0.2, 0) is 6.54 Å². The second-order valence-corrected chi connectivity index (χ2v) is 5.62. The first kappa shape index (κ1) is 13.9. The first-order valence-corrected chi connectivity index (χ1v) is 7.53. The molecule has 1 N–H and O–H groups in total. The SMILES string of the molecule is COc1ccc(C(O)Cn2ccnc2-c2cccs2)cc1. The third-order valence-corrected chi connectivity index (χ3v) is 4.19. The quantitative estimate of drug-likeness (QED) is 0.786. The van der Waals surface area contributed by atoms with Gasteiger partial charge in [0.2, 0.25) is 0 Å². The van der Waals surface area contributed by atoms with Gasteiger partial charge in [0.25, 0.3) is 0 Å². The Morgan fingerprint density at radius 2 is 2.10 bits per heavy atom. The maximum absolute atomic E-state index is 10.4. The number of methoxy groups -OCH3 is 1. The summed E-state index contributed by atoms with van der Waals surface area (Å²) < 4.78 is 7.10. The van der Waals surface area contributed by atoms with Crippen LogP contribution in [0, 0.1) is 0 Å². The van der Waals surface area contributed by atoms with Gasteiger partial charge < -0.3 is 14.4 Å². The summed E-state index contributed by atoms with van der Waals surface area (Å²) in [5, 5.41) is 12.4. The number of thiophene rings is 1. The number of hydrogen-bond acceptors (Lipinski definition) is 4. The first-order chi connectivity index (χ1) is 10.3. The minimum atomic E-state index is -0.580. The lowest BCUT2D eigenvalue weighted by Crippen LogP contribution is -2.09. The van der Waals surface area contributed by atoms with Crippen LogP contribution in [0.3, 0.4) is 0 Å². The highest BCUT2D eigenvalue weighted by atomic mass is 32.1. The van der Waals surface area contributed by atoms with Crippen molar-refractivity contribution in [1.82, 2.24) is 9.55 Å². The highest BCUT2D eigenvalue weighted by Gasteiger charge is 2.13. The van der Waals surface area contributed by atoms with Crippen LogP contribution in [0.2, 0.25) is 0 Å². The standard InChI is InChI=1S/C16H16N2O2S/c1-20-13-6-4-12(5-7-13)14(19)11-18-9-8-17-16(18)15-3-2-10-21-15/h2-10,14,19H,11H2,1H3. The van der Waals surface area contributed by atoms with E-state index in [9.17, 15) is 5.11 Å². The Labute approximate surface area is 127 Å². The van der Waals surface area contributed by atoms with Crippen molar-refractivity contribution >= 4 is 11.3 Å². The Hall–Kier alpha value is -2.11. The number of aliphatic hydroxyl groups is 1. The van der Waals surface area contributed by atoms with Gasteiger partial charge in [0, 0.05) is 12.4 Å². The van der Waals surface area contributed by atoms with Crippen LogP contribution in [0.15, 0.2) is 54.2 Å². The van der Waals surface area contributed by atoms with Crippen molar-refractivity contribution in [1.29, 1.82) is 0 Å². The van der Waals surface area contributed by atoms with Gasteiger partial charge in [-0.05, 0) is 29.1 Å². The van der Waals surface area contributed by atoms with Gasteiger partial charge in [-0.1, -0.05) is 18.2 Å². The highest BCUT2D eigenvalue weighted by Crippen LogP contribution is 2.25. The molecular formula is C16H16N2O2S. The first-order valence-electron chi connectivity index (χ1n) is 6.65. The molecule has 1 aromatic carbocycles. The summed E-state index contributed by atoms with van der Waals surface area (Å²) in [6.45, 7) is 0.472.